The average Bonchev–Trinajstić information content (AvgIpc) is 2.64. The molecule has 0 atom stereocenters. The summed E-state index contributed by atoms with van der Waals surface area (Å²) in [5.74, 6) is 0.876. The number of benzene rings is 2. The van der Waals surface area contributed by atoms with Gasteiger partial charge in [0.25, 0.3) is 0 Å². The van der Waals surface area contributed by atoms with Crippen LogP contribution in [0.4, 0.5) is 0 Å². The first kappa shape index (κ1) is 16.9. The minimum atomic E-state index is 0.0879. The topological polar surface area (TPSA) is 30.2 Å². The van der Waals surface area contributed by atoms with Crippen molar-refractivity contribution in [1.29, 1.82) is 0 Å². The zero-order chi connectivity index (χ0) is 17.5. The first-order valence-electron chi connectivity index (χ1n) is 8.52. The first-order valence-corrected chi connectivity index (χ1v) is 8.52. The van der Waals surface area contributed by atoms with Crippen molar-refractivity contribution in [3.05, 3.63) is 95.8 Å². The van der Waals surface area contributed by atoms with E-state index in [1.807, 2.05) is 72.4 Å². The highest BCUT2D eigenvalue weighted by Crippen LogP contribution is 2.12. The van der Waals surface area contributed by atoms with Crippen molar-refractivity contribution in [2.45, 2.75) is 19.9 Å². The second-order valence-electron chi connectivity index (χ2n) is 5.93. The van der Waals surface area contributed by atoms with E-state index in [1.165, 1.54) is 11.1 Å². The van der Waals surface area contributed by atoms with Crippen molar-refractivity contribution < 1.29 is 14.1 Å². The van der Waals surface area contributed by atoms with Gasteiger partial charge in [-0.2, -0.15) is 4.57 Å². The maximum atomic E-state index is 12.5. The number of hydrogen-bond acceptors (Lipinski definition) is 2. The molecule has 3 heteroatoms. The van der Waals surface area contributed by atoms with Gasteiger partial charge in [-0.25, -0.2) is 0 Å². The SMILES string of the molecule is CCOc1ccc(C(=O)C[n+]2cccc(Cc3ccccc3)c2)cc1. The molecule has 0 N–H and O–H groups in total. The van der Waals surface area contributed by atoms with E-state index in [9.17, 15) is 4.79 Å². The lowest BCUT2D eigenvalue weighted by Gasteiger charge is -2.04. The molecule has 126 valence electrons. The van der Waals surface area contributed by atoms with E-state index in [2.05, 4.69) is 18.2 Å². The van der Waals surface area contributed by atoms with Gasteiger partial charge in [0.2, 0.25) is 12.3 Å². The molecule has 0 radical (unpaired) electrons. The summed E-state index contributed by atoms with van der Waals surface area (Å²) in [5.41, 5.74) is 3.15. The van der Waals surface area contributed by atoms with Gasteiger partial charge in [0.05, 0.1) is 6.61 Å². The Kier molecular flexibility index (Phi) is 5.57. The third-order valence-electron chi connectivity index (χ3n) is 3.98. The van der Waals surface area contributed by atoms with E-state index in [0.717, 1.165) is 12.2 Å². The Morgan fingerprint density at radius 2 is 1.64 bits per heavy atom. The normalized spacial score (nSPS) is 10.4. The van der Waals surface area contributed by atoms with Gasteiger partial charge in [-0.15, -0.1) is 0 Å². The molecule has 0 bridgehead atoms. The Morgan fingerprint density at radius 3 is 2.36 bits per heavy atom. The van der Waals surface area contributed by atoms with Crippen LogP contribution in [0.2, 0.25) is 0 Å². The van der Waals surface area contributed by atoms with Crippen molar-refractivity contribution in [1.82, 2.24) is 0 Å². The molecule has 1 heterocycles. The molecule has 0 aliphatic heterocycles. The lowest BCUT2D eigenvalue weighted by atomic mass is 10.1. The fourth-order valence-electron chi connectivity index (χ4n) is 2.77. The number of pyridine rings is 1. The number of nitrogens with zero attached hydrogens (tertiary/aromatic N) is 1. The van der Waals surface area contributed by atoms with Gasteiger partial charge in [0, 0.05) is 23.6 Å². The van der Waals surface area contributed by atoms with E-state index in [-0.39, 0.29) is 5.78 Å². The van der Waals surface area contributed by atoms with Crippen molar-refractivity contribution in [3.63, 3.8) is 0 Å². The van der Waals surface area contributed by atoms with E-state index in [4.69, 9.17) is 4.74 Å². The molecule has 1 aromatic heterocycles. The van der Waals surface area contributed by atoms with E-state index >= 15 is 0 Å². The summed E-state index contributed by atoms with van der Waals surface area (Å²) in [6.45, 7) is 2.89. The summed E-state index contributed by atoms with van der Waals surface area (Å²) >= 11 is 0. The van der Waals surface area contributed by atoms with Crippen LogP contribution in [-0.2, 0) is 13.0 Å². The van der Waals surface area contributed by atoms with Crippen molar-refractivity contribution in [2.75, 3.05) is 6.61 Å². The fraction of sp³-hybridized carbons (Fsp3) is 0.182. The van der Waals surface area contributed by atoms with Gasteiger partial charge in [0.1, 0.15) is 5.75 Å². The van der Waals surface area contributed by atoms with Crippen molar-refractivity contribution in [3.8, 4) is 5.75 Å². The van der Waals surface area contributed by atoms with Crippen molar-refractivity contribution in [2.24, 2.45) is 0 Å². The molecule has 3 rings (SSSR count). The van der Waals surface area contributed by atoms with Crippen LogP contribution in [0.5, 0.6) is 5.75 Å². The van der Waals surface area contributed by atoms with Crippen LogP contribution in [-0.4, -0.2) is 12.4 Å². The summed E-state index contributed by atoms with van der Waals surface area (Å²) in [7, 11) is 0. The molecule has 0 spiro atoms. The number of Topliss-reactive ketones (excluding diaryl/α,β-unsaturated/α-hetero) is 1. The monoisotopic (exact) mass is 332 g/mol. The molecular weight excluding hydrogens is 310 g/mol. The number of ether oxygens (including phenoxy) is 1. The quantitative estimate of drug-likeness (QED) is 0.486. The molecule has 0 unspecified atom stereocenters. The summed E-state index contributed by atoms with van der Waals surface area (Å²) in [6.07, 6.45) is 4.83. The Bertz CT molecular complexity index is 826. The maximum Gasteiger partial charge on any atom is 0.227 e. The molecule has 0 aliphatic carbocycles. The van der Waals surface area contributed by atoms with Gasteiger partial charge in [-0.05, 0) is 42.8 Å². The second-order valence-corrected chi connectivity index (χ2v) is 5.93. The molecule has 3 nitrogen and oxygen atoms in total. The Balaban J connectivity index is 1.68. The van der Waals surface area contributed by atoms with Gasteiger partial charge >= 0.3 is 0 Å². The summed E-state index contributed by atoms with van der Waals surface area (Å²) < 4.78 is 7.36. The predicted molar refractivity (Wildman–Crippen MR) is 97.8 cm³/mol. The van der Waals surface area contributed by atoms with Gasteiger partial charge in [0.15, 0.2) is 12.4 Å². The van der Waals surface area contributed by atoms with E-state index in [0.29, 0.717) is 18.7 Å². The smallest absolute Gasteiger partial charge is 0.227 e. The molecule has 0 aliphatic rings. The predicted octanol–water partition coefficient (Wildman–Crippen LogP) is 3.85. The lowest BCUT2D eigenvalue weighted by Crippen LogP contribution is -2.37. The Labute approximate surface area is 148 Å². The van der Waals surface area contributed by atoms with Gasteiger partial charge in [-0.1, -0.05) is 30.3 Å². The van der Waals surface area contributed by atoms with Crippen molar-refractivity contribution >= 4 is 5.78 Å². The van der Waals surface area contributed by atoms with Crippen LogP contribution in [0.3, 0.4) is 0 Å². The number of rotatable bonds is 7. The van der Waals surface area contributed by atoms with E-state index in [1.54, 1.807) is 0 Å². The molecule has 2 aromatic carbocycles. The van der Waals surface area contributed by atoms with Crippen LogP contribution >= 0.6 is 0 Å². The fourth-order valence-corrected chi connectivity index (χ4v) is 2.77. The summed E-state index contributed by atoms with van der Waals surface area (Å²) in [6, 6.07) is 21.7. The molecule has 0 amide bonds. The maximum absolute atomic E-state index is 12.5. The largest absolute Gasteiger partial charge is 0.494 e. The van der Waals surface area contributed by atoms with Crippen LogP contribution in [0, 0.1) is 0 Å². The number of aromatic nitrogens is 1. The number of hydrogen-bond donors (Lipinski definition) is 0. The average molecular weight is 332 g/mol. The molecule has 0 saturated heterocycles. The number of carbonyl (C=O) groups excluding carboxylic acids is 1. The third kappa shape index (κ3) is 4.77. The molecule has 0 fully saturated rings. The lowest BCUT2D eigenvalue weighted by molar-refractivity contribution is -0.683. The highest BCUT2D eigenvalue weighted by molar-refractivity contribution is 5.95. The minimum Gasteiger partial charge on any atom is -0.494 e. The minimum absolute atomic E-state index is 0.0879. The summed E-state index contributed by atoms with van der Waals surface area (Å²) in [5, 5.41) is 0. The van der Waals surface area contributed by atoms with Crippen LogP contribution in [0.15, 0.2) is 79.1 Å². The number of ketones is 1. The molecule has 3 aromatic rings. The highest BCUT2D eigenvalue weighted by Gasteiger charge is 2.13. The third-order valence-corrected chi connectivity index (χ3v) is 3.98. The first-order chi connectivity index (χ1) is 12.2. The second kappa shape index (κ2) is 8.25. The van der Waals surface area contributed by atoms with Gasteiger partial charge < -0.3 is 4.74 Å². The van der Waals surface area contributed by atoms with Crippen LogP contribution in [0.25, 0.3) is 0 Å². The zero-order valence-corrected chi connectivity index (χ0v) is 14.4. The standard InChI is InChI=1S/C22H22NO2/c1-2-25-21-12-10-20(11-13-21)22(24)17-23-14-6-9-19(16-23)15-18-7-4-3-5-8-18/h3-14,16H,2,15,17H2,1H3/q+1. The zero-order valence-electron chi connectivity index (χ0n) is 14.4. The van der Waals surface area contributed by atoms with Crippen LogP contribution < -0.4 is 9.30 Å². The molecular formula is C22H22NO2+. The molecule has 25 heavy (non-hydrogen) atoms. The van der Waals surface area contributed by atoms with E-state index < -0.39 is 0 Å². The number of carbonyl (C=O) groups is 1. The molecule has 0 saturated carbocycles. The van der Waals surface area contributed by atoms with Gasteiger partial charge in [-0.3, -0.25) is 4.79 Å². The highest BCUT2D eigenvalue weighted by atomic mass is 16.5. The van der Waals surface area contributed by atoms with Crippen LogP contribution in [0.1, 0.15) is 28.4 Å². The Hall–Kier alpha value is -2.94. The Morgan fingerprint density at radius 1 is 0.920 bits per heavy atom. The summed E-state index contributed by atoms with van der Waals surface area (Å²) in [4.78, 5) is 12.5.